The largest absolute Gasteiger partial charge is 0.407 e. The van der Waals surface area contributed by atoms with Gasteiger partial charge in [-0.05, 0) is 15.8 Å². The molecular formula is C22H28O2Si. The van der Waals surface area contributed by atoms with Crippen LogP contribution >= 0.6 is 0 Å². The fraction of sp³-hybridized carbons (Fsp3) is 0.364. The molecule has 0 N–H and O–H groups in total. The van der Waals surface area contributed by atoms with Gasteiger partial charge in [0.05, 0.1) is 12.2 Å². The SMILES string of the molecule is C=C[C@@H](C)[C@@H]1O[Si](c2ccccc2)(c2ccccc2)O[C@H]1C(C)(C)C. The molecule has 3 heteroatoms. The molecule has 0 aliphatic carbocycles. The first kappa shape index (κ1) is 18.1. The highest BCUT2D eigenvalue weighted by atomic mass is 28.4. The van der Waals surface area contributed by atoms with Gasteiger partial charge in [0.15, 0.2) is 0 Å². The van der Waals surface area contributed by atoms with Gasteiger partial charge in [-0.2, -0.15) is 0 Å². The Labute approximate surface area is 152 Å². The Hall–Kier alpha value is -1.68. The third-order valence-electron chi connectivity index (χ3n) is 4.94. The molecule has 0 spiro atoms. The minimum absolute atomic E-state index is 0.00424. The molecule has 0 bridgehead atoms. The van der Waals surface area contributed by atoms with Crippen LogP contribution in [-0.2, 0) is 8.85 Å². The maximum atomic E-state index is 6.89. The van der Waals surface area contributed by atoms with Gasteiger partial charge >= 0.3 is 8.56 Å². The van der Waals surface area contributed by atoms with E-state index in [1.807, 2.05) is 18.2 Å². The molecule has 0 radical (unpaired) electrons. The van der Waals surface area contributed by atoms with Gasteiger partial charge in [-0.25, -0.2) is 0 Å². The van der Waals surface area contributed by atoms with E-state index in [1.165, 1.54) is 0 Å². The number of hydrogen-bond donors (Lipinski definition) is 0. The van der Waals surface area contributed by atoms with Gasteiger partial charge in [0.25, 0.3) is 0 Å². The summed E-state index contributed by atoms with van der Waals surface area (Å²) >= 11 is 0. The average Bonchev–Trinajstić information content (AvgIpc) is 3.05. The van der Waals surface area contributed by atoms with Crippen molar-refractivity contribution in [1.29, 1.82) is 0 Å². The lowest BCUT2D eigenvalue weighted by molar-refractivity contribution is 0.0413. The van der Waals surface area contributed by atoms with Crippen LogP contribution in [0.1, 0.15) is 27.7 Å². The summed E-state index contributed by atoms with van der Waals surface area (Å²) in [5.41, 5.74) is -0.0136. The van der Waals surface area contributed by atoms with Crippen LogP contribution < -0.4 is 10.4 Å². The molecule has 1 saturated heterocycles. The highest BCUT2D eigenvalue weighted by Crippen LogP contribution is 2.39. The second-order valence-corrected chi connectivity index (χ2v) is 10.8. The van der Waals surface area contributed by atoms with Crippen LogP contribution in [0.5, 0.6) is 0 Å². The lowest BCUT2D eigenvalue weighted by atomic mass is 9.82. The van der Waals surface area contributed by atoms with Crippen molar-refractivity contribution < 1.29 is 8.85 Å². The van der Waals surface area contributed by atoms with Crippen LogP contribution in [0.25, 0.3) is 0 Å². The number of benzene rings is 2. The summed E-state index contributed by atoms with van der Waals surface area (Å²) < 4.78 is 13.7. The van der Waals surface area contributed by atoms with Gasteiger partial charge < -0.3 is 8.85 Å². The monoisotopic (exact) mass is 352 g/mol. The van der Waals surface area contributed by atoms with E-state index in [0.717, 1.165) is 10.4 Å². The Morgan fingerprint density at radius 3 is 1.80 bits per heavy atom. The van der Waals surface area contributed by atoms with Crippen LogP contribution in [0.3, 0.4) is 0 Å². The van der Waals surface area contributed by atoms with Crippen molar-refractivity contribution in [2.45, 2.75) is 39.9 Å². The Kier molecular flexibility index (Phi) is 5.01. The molecule has 1 heterocycles. The van der Waals surface area contributed by atoms with Crippen LogP contribution in [0, 0.1) is 11.3 Å². The predicted octanol–water partition coefficient (Wildman–Crippen LogP) is 3.90. The van der Waals surface area contributed by atoms with Crippen molar-refractivity contribution in [3.63, 3.8) is 0 Å². The predicted molar refractivity (Wildman–Crippen MR) is 106 cm³/mol. The molecule has 0 aromatic heterocycles. The Bertz CT molecular complexity index is 666. The smallest absolute Gasteiger partial charge is 0.381 e. The van der Waals surface area contributed by atoms with Crippen molar-refractivity contribution >= 4 is 18.9 Å². The van der Waals surface area contributed by atoms with E-state index in [0.29, 0.717) is 0 Å². The van der Waals surface area contributed by atoms with E-state index >= 15 is 0 Å². The maximum absolute atomic E-state index is 6.89. The van der Waals surface area contributed by atoms with E-state index in [9.17, 15) is 0 Å². The third-order valence-corrected chi connectivity index (χ3v) is 8.32. The summed E-state index contributed by atoms with van der Waals surface area (Å²) in [5, 5.41) is 2.32. The highest BCUT2D eigenvalue weighted by molar-refractivity contribution is 6.93. The average molecular weight is 353 g/mol. The van der Waals surface area contributed by atoms with Gasteiger partial charge in [0.2, 0.25) is 0 Å². The van der Waals surface area contributed by atoms with E-state index in [-0.39, 0.29) is 23.5 Å². The first-order valence-electron chi connectivity index (χ1n) is 8.98. The van der Waals surface area contributed by atoms with Crippen molar-refractivity contribution in [1.82, 2.24) is 0 Å². The lowest BCUT2D eigenvalue weighted by Gasteiger charge is -2.32. The van der Waals surface area contributed by atoms with E-state index in [1.54, 1.807) is 0 Å². The van der Waals surface area contributed by atoms with E-state index in [4.69, 9.17) is 8.85 Å². The first-order chi connectivity index (χ1) is 11.9. The molecule has 1 fully saturated rings. The number of hydrogen-bond acceptors (Lipinski definition) is 2. The first-order valence-corrected chi connectivity index (χ1v) is 10.8. The molecule has 2 aromatic rings. The molecule has 0 saturated carbocycles. The quantitative estimate of drug-likeness (QED) is 0.614. The number of rotatable bonds is 4. The normalized spacial score (nSPS) is 24.0. The summed E-state index contributed by atoms with van der Waals surface area (Å²) in [6.45, 7) is 12.8. The van der Waals surface area contributed by atoms with Gasteiger partial charge in [-0.15, -0.1) is 6.58 Å². The van der Waals surface area contributed by atoms with E-state index in [2.05, 4.69) is 82.8 Å². The molecule has 3 rings (SSSR count). The van der Waals surface area contributed by atoms with Gasteiger partial charge in [-0.1, -0.05) is 94.4 Å². The molecule has 2 aromatic carbocycles. The van der Waals surface area contributed by atoms with Crippen LogP contribution in [0.2, 0.25) is 0 Å². The van der Waals surface area contributed by atoms with E-state index < -0.39 is 8.56 Å². The molecule has 1 aliphatic heterocycles. The van der Waals surface area contributed by atoms with Gasteiger partial charge in [0, 0.05) is 5.92 Å². The zero-order valence-electron chi connectivity index (χ0n) is 15.6. The molecule has 2 nitrogen and oxygen atoms in total. The maximum Gasteiger partial charge on any atom is 0.407 e. The summed E-state index contributed by atoms with van der Waals surface area (Å²) in [4.78, 5) is 0. The molecule has 3 atom stereocenters. The zero-order chi connectivity index (χ0) is 18.1. The van der Waals surface area contributed by atoms with Crippen molar-refractivity contribution in [3.05, 3.63) is 73.3 Å². The van der Waals surface area contributed by atoms with Crippen LogP contribution in [0.4, 0.5) is 0 Å². The molecule has 132 valence electrons. The van der Waals surface area contributed by atoms with Crippen molar-refractivity contribution in [2.24, 2.45) is 11.3 Å². The topological polar surface area (TPSA) is 18.5 Å². The Morgan fingerprint density at radius 1 is 0.920 bits per heavy atom. The fourth-order valence-corrected chi connectivity index (χ4v) is 7.23. The van der Waals surface area contributed by atoms with Crippen molar-refractivity contribution in [3.8, 4) is 0 Å². The van der Waals surface area contributed by atoms with Gasteiger partial charge in [0.1, 0.15) is 0 Å². The second-order valence-electron chi connectivity index (χ2n) is 7.93. The standard InChI is InChI=1S/C22H28O2Si/c1-6-17(2)20-21(22(3,4)5)24-25(23-20,18-13-9-7-10-14-18)19-15-11-8-12-16-19/h6-17,20-21H,1H2,2-5H3/t17-,20+,21-/m1/s1. The second kappa shape index (κ2) is 6.91. The fourth-order valence-electron chi connectivity index (χ4n) is 3.47. The van der Waals surface area contributed by atoms with Crippen molar-refractivity contribution in [2.75, 3.05) is 0 Å². The lowest BCUT2D eigenvalue weighted by Crippen LogP contribution is -2.61. The minimum Gasteiger partial charge on any atom is -0.381 e. The Balaban J connectivity index is 2.15. The zero-order valence-corrected chi connectivity index (χ0v) is 16.6. The summed E-state index contributed by atoms with van der Waals surface area (Å²) in [7, 11) is -2.75. The van der Waals surface area contributed by atoms with Crippen LogP contribution in [-0.4, -0.2) is 20.8 Å². The minimum atomic E-state index is -2.75. The summed E-state index contributed by atoms with van der Waals surface area (Å²) in [6, 6.07) is 20.9. The highest BCUT2D eigenvalue weighted by Gasteiger charge is 2.57. The third kappa shape index (κ3) is 3.37. The molecule has 0 amide bonds. The molecule has 25 heavy (non-hydrogen) atoms. The van der Waals surface area contributed by atoms with Crippen LogP contribution in [0.15, 0.2) is 73.3 Å². The Morgan fingerprint density at radius 2 is 1.40 bits per heavy atom. The summed E-state index contributed by atoms with van der Waals surface area (Å²) in [6.07, 6.45) is 2.00. The van der Waals surface area contributed by atoms with Gasteiger partial charge in [-0.3, -0.25) is 0 Å². The molecular weight excluding hydrogens is 324 g/mol. The summed E-state index contributed by atoms with van der Waals surface area (Å²) in [5.74, 6) is 0.228. The molecule has 0 unspecified atom stereocenters. The molecule has 1 aliphatic rings.